The summed E-state index contributed by atoms with van der Waals surface area (Å²) in [6.07, 6.45) is 2.15. The summed E-state index contributed by atoms with van der Waals surface area (Å²) >= 11 is 0. The summed E-state index contributed by atoms with van der Waals surface area (Å²) in [5.74, 6) is 0. The number of nitrogens with zero attached hydrogens (tertiary/aromatic N) is 1. The predicted octanol–water partition coefficient (Wildman–Crippen LogP) is 4.16. The molecule has 104 valence electrons. The summed E-state index contributed by atoms with van der Waals surface area (Å²) in [5.41, 5.74) is 3.59. The molecule has 0 fully saturated rings. The first kappa shape index (κ1) is 14.1. The Hall–Kier alpha value is -2.36. The molecule has 0 bridgehead atoms. The lowest BCUT2D eigenvalue weighted by Gasteiger charge is -2.11. The normalized spacial score (nSPS) is 10.2. The number of nitrogens with one attached hydrogen (secondary N) is 1. The number of nitro benzene ring substituents is 1. The van der Waals surface area contributed by atoms with Gasteiger partial charge in [0.15, 0.2) is 0 Å². The number of rotatable bonds is 6. The Balaban J connectivity index is 2.03. The maximum Gasteiger partial charge on any atom is 0.269 e. The van der Waals surface area contributed by atoms with Crippen molar-refractivity contribution in [1.82, 2.24) is 0 Å². The van der Waals surface area contributed by atoms with Gasteiger partial charge < -0.3 is 5.32 Å². The van der Waals surface area contributed by atoms with Gasteiger partial charge in [0.25, 0.3) is 5.69 Å². The van der Waals surface area contributed by atoms with Crippen LogP contribution >= 0.6 is 0 Å². The molecule has 20 heavy (non-hydrogen) atoms. The number of hydrogen-bond acceptors (Lipinski definition) is 3. The highest BCUT2D eigenvalue weighted by Crippen LogP contribution is 2.18. The van der Waals surface area contributed by atoms with Crippen molar-refractivity contribution in [2.75, 3.05) is 5.32 Å². The molecular formula is C16H18N2O2. The fraction of sp³-hybridized carbons (Fsp3) is 0.250. The third-order valence-corrected chi connectivity index (χ3v) is 3.17. The summed E-state index contributed by atoms with van der Waals surface area (Å²) in [4.78, 5) is 10.2. The zero-order valence-electron chi connectivity index (χ0n) is 11.5. The fourth-order valence-corrected chi connectivity index (χ4v) is 2.11. The van der Waals surface area contributed by atoms with E-state index in [2.05, 4.69) is 24.4 Å². The van der Waals surface area contributed by atoms with E-state index in [1.807, 2.05) is 12.1 Å². The van der Waals surface area contributed by atoms with Crippen molar-refractivity contribution in [1.29, 1.82) is 0 Å². The maximum atomic E-state index is 10.6. The minimum atomic E-state index is -0.381. The van der Waals surface area contributed by atoms with Gasteiger partial charge in [0, 0.05) is 24.4 Å². The third-order valence-electron chi connectivity index (χ3n) is 3.17. The van der Waals surface area contributed by atoms with E-state index >= 15 is 0 Å². The summed E-state index contributed by atoms with van der Waals surface area (Å²) in [7, 11) is 0. The molecule has 2 aromatic rings. The molecule has 4 nitrogen and oxygen atoms in total. The average molecular weight is 270 g/mol. The minimum absolute atomic E-state index is 0.125. The number of non-ortho nitro benzene ring substituents is 1. The first-order chi connectivity index (χ1) is 9.70. The molecule has 0 amide bonds. The Morgan fingerprint density at radius 1 is 1.10 bits per heavy atom. The second-order valence-corrected chi connectivity index (χ2v) is 4.68. The Kier molecular flexibility index (Phi) is 4.71. The quantitative estimate of drug-likeness (QED) is 0.633. The highest BCUT2D eigenvalue weighted by molar-refractivity contribution is 5.51. The molecule has 0 spiro atoms. The van der Waals surface area contributed by atoms with Crippen LogP contribution in [0.25, 0.3) is 0 Å². The molecule has 0 aliphatic rings. The van der Waals surface area contributed by atoms with Gasteiger partial charge in [-0.3, -0.25) is 10.1 Å². The number of para-hydroxylation sites is 1. The van der Waals surface area contributed by atoms with E-state index in [4.69, 9.17) is 0 Å². The van der Waals surface area contributed by atoms with Crippen molar-refractivity contribution >= 4 is 11.4 Å². The zero-order chi connectivity index (χ0) is 14.4. The lowest BCUT2D eigenvalue weighted by molar-refractivity contribution is -0.384. The second kappa shape index (κ2) is 6.70. The van der Waals surface area contributed by atoms with E-state index in [-0.39, 0.29) is 10.6 Å². The van der Waals surface area contributed by atoms with Gasteiger partial charge in [0.2, 0.25) is 0 Å². The van der Waals surface area contributed by atoms with E-state index in [9.17, 15) is 10.1 Å². The van der Waals surface area contributed by atoms with Crippen LogP contribution in [0.15, 0.2) is 48.5 Å². The molecule has 0 radical (unpaired) electrons. The van der Waals surface area contributed by atoms with E-state index in [1.165, 1.54) is 17.7 Å². The Bertz CT molecular complexity index is 579. The van der Waals surface area contributed by atoms with Gasteiger partial charge in [-0.05, 0) is 23.6 Å². The van der Waals surface area contributed by atoms with Crippen molar-refractivity contribution in [2.24, 2.45) is 0 Å². The maximum absolute atomic E-state index is 10.6. The molecule has 0 aliphatic carbocycles. The number of anilines is 1. The number of aryl methyl sites for hydroxylation is 1. The first-order valence-corrected chi connectivity index (χ1v) is 6.76. The topological polar surface area (TPSA) is 55.2 Å². The first-order valence-electron chi connectivity index (χ1n) is 6.76. The lowest BCUT2D eigenvalue weighted by Crippen LogP contribution is -2.02. The molecule has 4 heteroatoms. The van der Waals surface area contributed by atoms with Crippen molar-refractivity contribution < 1.29 is 4.92 Å². The van der Waals surface area contributed by atoms with E-state index < -0.39 is 0 Å². The van der Waals surface area contributed by atoms with Crippen LogP contribution in [0.3, 0.4) is 0 Å². The van der Waals surface area contributed by atoms with Crippen molar-refractivity contribution in [3.63, 3.8) is 0 Å². The summed E-state index contributed by atoms with van der Waals surface area (Å²) in [6, 6.07) is 14.9. The lowest BCUT2D eigenvalue weighted by atomic mass is 10.1. The van der Waals surface area contributed by atoms with Crippen LogP contribution in [-0.4, -0.2) is 4.92 Å². The molecule has 0 unspecified atom stereocenters. The smallest absolute Gasteiger partial charge is 0.269 e. The van der Waals surface area contributed by atoms with Gasteiger partial charge in [-0.25, -0.2) is 0 Å². The average Bonchev–Trinajstić information content (AvgIpc) is 2.47. The molecule has 2 rings (SSSR count). The highest BCUT2D eigenvalue weighted by atomic mass is 16.6. The van der Waals surface area contributed by atoms with Crippen LogP contribution < -0.4 is 5.32 Å². The molecule has 1 N–H and O–H groups in total. The number of benzene rings is 2. The van der Waals surface area contributed by atoms with E-state index in [0.29, 0.717) is 6.54 Å². The van der Waals surface area contributed by atoms with Crippen molar-refractivity contribution in [3.05, 3.63) is 69.8 Å². The molecule has 0 saturated carbocycles. The largest absolute Gasteiger partial charge is 0.381 e. The van der Waals surface area contributed by atoms with E-state index in [1.54, 1.807) is 12.1 Å². The van der Waals surface area contributed by atoms with Crippen LogP contribution in [0.1, 0.15) is 24.5 Å². The molecule has 0 atom stereocenters. The summed E-state index contributed by atoms with van der Waals surface area (Å²) in [5, 5.41) is 14.0. The van der Waals surface area contributed by atoms with Crippen molar-refractivity contribution in [2.45, 2.75) is 26.3 Å². The Labute approximate surface area is 118 Å². The predicted molar refractivity (Wildman–Crippen MR) is 80.9 cm³/mol. The van der Waals surface area contributed by atoms with Crippen LogP contribution in [0, 0.1) is 10.1 Å². The molecule has 0 aliphatic heterocycles. The summed E-state index contributed by atoms with van der Waals surface area (Å²) < 4.78 is 0. The summed E-state index contributed by atoms with van der Waals surface area (Å²) in [6.45, 7) is 2.83. The Morgan fingerprint density at radius 2 is 1.80 bits per heavy atom. The minimum Gasteiger partial charge on any atom is -0.381 e. The van der Waals surface area contributed by atoms with Crippen LogP contribution in [0.4, 0.5) is 11.4 Å². The van der Waals surface area contributed by atoms with Gasteiger partial charge in [-0.1, -0.05) is 43.7 Å². The molecule has 0 saturated heterocycles. The van der Waals surface area contributed by atoms with Gasteiger partial charge in [0.05, 0.1) is 4.92 Å². The van der Waals surface area contributed by atoms with Crippen LogP contribution in [0.2, 0.25) is 0 Å². The SMILES string of the molecule is CCCc1ccccc1NCc1ccc([N+](=O)[O-])cc1. The fourth-order valence-electron chi connectivity index (χ4n) is 2.11. The van der Waals surface area contributed by atoms with Gasteiger partial charge >= 0.3 is 0 Å². The van der Waals surface area contributed by atoms with Gasteiger partial charge in [0.1, 0.15) is 0 Å². The highest BCUT2D eigenvalue weighted by Gasteiger charge is 2.04. The van der Waals surface area contributed by atoms with Gasteiger partial charge in [-0.2, -0.15) is 0 Å². The standard InChI is InChI=1S/C16H18N2O2/c1-2-5-14-6-3-4-7-16(14)17-12-13-8-10-15(11-9-13)18(19)20/h3-4,6-11,17H,2,5,12H2,1H3. The Morgan fingerprint density at radius 3 is 2.45 bits per heavy atom. The second-order valence-electron chi connectivity index (χ2n) is 4.68. The van der Waals surface area contributed by atoms with Crippen LogP contribution in [-0.2, 0) is 13.0 Å². The number of nitro groups is 1. The van der Waals surface area contributed by atoms with Gasteiger partial charge in [-0.15, -0.1) is 0 Å². The zero-order valence-corrected chi connectivity index (χ0v) is 11.5. The van der Waals surface area contributed by atoms with E-state index in [0.717, 1.165) is 24.1 Å². The molecular weight excluding hydrogens is 252 g/mol. The molecule has 2 aromatic carbocycles. The number of hydrogen-bond donors (Lipinski definition) is 1. The monoisotopic (exact) mass is 270 g/mol. The molecule has 0 heterocycles. The third kappa shape index (κ3) is 3.57. The van der Waals surface area contributed by atoms with Crippen molar-refractivity contribution in [3.8, 4) is 0 Å². The van der Waals surface area contributed by atoms with Crippen LogP contribution in [0.5, 0.6) is 0 Å². The molecule has 0 aromatic heterocycles.